The topological polar surface area (TPSA) is 32.7 Å². The number of rotatable bonds is 10. The minimum Gasteiger partial charge on any atom is -0.378 e. The van der Waals surface area contributed by atoms with Gasteiger partial charge >= 0.3 is 0 Å². The number of ether oxygens (including phenoxy) is 1. The minimum absolute atomic E-state index is 0.203. The molecule has 0 bridgehead atoms. The van der Waals surface area contributed by atoms with Crippen molar-refractivity contribution in [3.05, 3.63) is 0 Å². The molecule has 1 aliphatic rings. The van der Waals surface area contributed by atoms with Gasteiger partial charge < -0.3 is 9.94 Å². The summed E-state index contributed by atoms with van der Waals surface area (Å²) in [6, 6.07) is 0. The molecule has 22 heavy (non-hydrogen) atoms. The Bertz CT molecular complexity index is 284. The molecule has 1 N–H and O–H groups in total. The first-order valence-corrected chi connectivity index (χ1v) is 9.40. The first kappa shape index (κ1) is 19.9. The Morgan fingerprint density at radius 3 is 1.82 bits per heavy atom. The fourth-order valence-electron chi connectivity index (χ4n) is 3.78. The molecule has 1 aliphatic heterocycles. The van der Waals surface area contributed by atoms with Crippen LogP contribution in [0.25, 0.3) is 0 Å². The molecule has 132 valence electrons. The van der Waals surface area contributed by atoms with Crippen LogP contribution in [0.15, 0.2) is 0 Å². The van der Waals surface area contributed by atoms with Gasteiger partial charge in [-0.1, -0.05) is 51.9 Å². The van der Waals surface area contributed by atoms with E-state index >= 15 is 0 Å². The van der Waals surface area contributed by atoms with Gasteiger partial charge in [0, 0.05) is 17.7 Å². The molecule has 1 saturated heterocycles. The number of piperidine rings is 1. The molecule has 0 spiro atoms. The molecule has 0 aliphatic carbocycles. The van der Waals surface area contributed by atoms with Gasteiger partial charge in [0.25, 0.3) is 0 Å². The van der Waals surface area contributed by atoms with Gasteiger partial charge in [0.2, 0.25) is 0 Å². The van der Waals surface area contributed by atoms with Gasteiger partial charge in [-0.15, -0.1) is 0 Å². The maximum Gasteiger partial charge on any atom is 0.0611 e. The van der Waals surface area contributed by atoms with Crippen molar-refractivity contribution in [3.8, 4) is 0 Å². The van der Waals surface area contributed by atoms with E-state index in [-0.39, 0.29) is 17.2 Å². The summed E-state index contributed by atoms with van der Waals surface area (Å²) in [6.07, 6.45) is 12.8. The highest BCUT2D eigenvalue weighted by molar-refractivity contribution is 4.96. The van der Waals surface area contributed by atoms with Crippen molar-refractivity contribution in [1.29, 1.82) is 0 Å². The smallest absolute Gasteiger partial charge is 0.0611 e. The highest BCUT2D eigenvalue weighted by Gasteiger charge is 2.45. The summed E-state index contributed by atoms with van der Waals surface area (Å²) in [5, 5.41) is 11.8. The van der Waals surface area contributed by atoms with E-state index in [9.17, 15) is 5.21 Å². The molecule has 3 heteroatoms. The first-order valence-electron chi connectivity index (χ1n) is 9.40. The van der Waals surface area contributed by atoms with Crippen molar-refractivity contribution < 1.29 is 9.94 Å². The van der Waals surface area contributed by atoms with Gasteiger partial charge in [-0.25, -0.2) is 0 Å². The Kier molecular flexibility index (Phi) is 8.37. The molecule has 3 nitrogen and oxygen atoms in total. The minimum atomic E-state index is -0.203. The first-order chi connectivity index (χ1) is 10.3. The third-order valence-corrected chi connectivity index (χ3v) is 4.95. The van der Waals surface area contributed by atoms with Gasteiger partial charge in [0.15, 0.2) is 0 Å². The van der Waals surface area contributed by atoms with Crippen molar-refractivity contribution in [2.75, 3.05) is 6.61 Å². The quantitative estimate of drug-likeness (QED) is 0.536. The number of hydrogen-bond acceptors (Lipinski definition) is 3. The Balaban J connectivity index is 2.12. The second kappa shape index (κ2) is 9.24. The number of hydrogen-bond donors (Lipinski definition) is 1. The van der Waals surface area contributed by atoms with Crippen molar-refractivity contribution in [1.82, 2.24) is 5.06 Å². The lowest BCUT2D eigenvalue weighted by Crippen LogP contribution is -2.60. The monoisotopic (exact) mass is 313 g/mol. The molecule has 0 radical (unpaired) electrons. The second-order valence-corrected chi connectivity index (χ2v) is 8.31. The maximum absolute atomic E-state index is 10.3. The highest BCUT2D eigenvalue weighted by atomic mass is 16.5. The SMILES string of the molecule is CCCCCCCCCCOC1CC(C)(C)N(O)C(C)(C)C1. The van der Waals surface area contributed by atoms with E-state index in [1.54, 1.807) is 0 Å². The molecule has 0 amide bonds. The molecule has 0 aromatic heterocycles. The number of unbranched alkanes of at least 4 members (excludes halogenated alkanes) is 7. The van der Waals surface area contributed by atoms with Crippen LogP contribution in [0.5, 0.6) is 0 Å². The fourth-order valence-corrected chi connectivity index (χ4v) is 3.78. The maximum atomic E-state index is 10.3. The highest BCUT2D eigenvalue weighted by Crippen LogP contribution is 2.37. The van der Waals surface area contributed by atoms with Crippen LogP contribution in [0.2, 0.25) is 0 Å². The zero-order chi connectivity index (χ0) is 16.6. The van der Waals surface area contributed by atoms with Crippen LogP contribution in [0, 0.1) is 0 Å². The van der Waals surface area contributed by atoms with Gasteiger partial charge in [-0.2, -0.15) is 5.06 Å². The van der Waals surface area contributed by atoms with E-state index in [0.29, 0.717) is 0 Å². The van der Waals surface area contributed by atoms with Crippen LogP contribution in [-0.2, 0) is 4.74 Å². The Labute approximate surface area is 138 Å². The predicted molar refractivity (Wildman–Crippen MR) is 93.4 cm³/mol. The molecule has 0 unspecified atom stereocenters. The van der Waals surface area contributed by atoms with Crippen LogP contribution in [0.3, 0.4) is 0 Å². The summed E-state index contributed by atoms with van der Waals surface area (Å²) in [4.78, 5) is 0. The van der Waals surface area contributed by atoms with E-state index in [2.05, 4.69) is 34.6 Å². The van der Waals surface area contributed by atoms with E-state index in [4.69, 9.17) is 4.74 Å². The average Bonchev–Trinajstić information content (AvgIpc) is 2.42. The molecule has 0 aromatic rings. The Hall–Kier alpha value is -0.120. The summed E-state index contributed by atoms with van der Waals surface area (Å²) in [6.45, 7) is 11.5. The standard InChI is InChI=1S/C19H39NO2/c1-6-7-8-9-10-11-12-13-14-22-17-15-18(2,3)20(21)19(4,5)16-17/h17,21H,6-16H2,1-5H3. The molecule has 1 rings (SSSR count). The second-order valence-electron chi connectivity index (χ2n) is 8.31. The summed E-state index contributed by atoms with van der Waals surface area (Å²) in [7, 11) is 0. The third-order valence-electron chi connectivity index (χ3n) is 4.95. The third kappa shape index (κ3) is 6.55. The van der Waals surface area contributed by atoms with Crippen molar-refractivity contribution >= 4 is 0 Å². The van der Waals surface area contributed by atoms with Crippen molar-refractivity contribution in [3.63, 3.8) is 0 Å². The van der Waals surface area contributed by atoms with Gasteiger partial charge in [0.05, 0.1) is 6.10 Å². The van der Waals surface area contributed by atoms with Gasteiger partial charge in [-0.05, 0) is 47.0 Å². The normalized spacial score (nSPS) is 22.1. The summed E-state index contributed by atoms with van der Waals surface area (Å²) in [5.41, 5.74) is -0.405. The van der Waals surface area contributed by atoms with Crippen molar-refractivity contribution in [2.45, 2.75) is 116 Å². The number of nitrogens with zero attached hydrogens (tertiary/aromatic N) is 1. The average molecular weight is 314 g/mol. The van der Waals surface area contributed by atoms with E-state index in [1.165, 1.54) is 56.4 Å². The zero-order valence-corrected chi connectivity index (χ0v) is 15.7. The fraction of sp³-hybridized carbons (Fsp3) is 1.00. The summed E-state index contributed by atoms with van der Waals surface area (Å²) >= 11 is 0. The van der Waals surface area contributed by atoms with E-state index in [0.717, 1.165) is 19.4 Å². The molecule has 0 aromatic carbocycles. The van der Waals surface area contributed by atoms with Crippen molar-refractivity contribution in [2.24, 2.45) is 0 Å². The number of hydroxylamine groups is 2. The largest absolute Gasteiger partial charge is 0.378 e. The molecule has 1 fully saturated rings. The molecular weight excluding hydrogens is 274 g/mol. The van der Waals surface area contributed by atoms with E-state index < -0.39 is 0 Å². The Morgan fingerprint density at radius 2 is 1.32 bits per heavy atom. The van der Waals surface area contributed by atoms with Crippen LogP contribution >= 0.6 is 0 Å². The molecular formula is C19H39NO2. The van der Waals surface area contributed by atoms with Gasteiger partial charge in [0.1, 0.15) is 0 Å². The summed E-state index contributed by atoms with van der Waals surface area (Å²) in [5.74, 6) is 0. The van der Waals surface area contributed by atoms with Crippen LogP contribution < -0.4 is 0 Å². The molecule has 0 atom stereocenters. The van der Waals surface area contributed by atoms with Crippen LogP contribution in [0.4, 0.5) is 0 Å². The van der Waals surface area contributed by atoms with Crippen LogP contribution in [-0.4, -0.2) is 34.1 Å². The summed E-state index contributed by atoms with van der Waals surface area (Å²) < 4.78 is 6.11. The van der Waals surface area contributed by atoms with Gasteiger partial charge in [-0.3, -0.25) is 0 Å². The molecule has 0 saturated carbocycles. The Morgan fingerprint density at radius 1 is 0.864 bits per heavy atom. The zero-order valence-electron chi connectivity index (χ0n) is 15.7. The van der Waals surface area contributed by atoms with E-state index in [1.807, 2.05) is 0 Å². The lowest BCUT2D eigenvalue weighted by Gasteiger charge is -2.51. The van der Waals surface area contributed by atoms with Crippen LogP contribution in [0.1, 0.15) is 98.8 Å². The molecule has 1 heterocycles. The lowest BCUT2D eigenvalue weighted by atomic mass is 9.80. The predicted octanol–water partition coefficient (Wildman–Crippen LogP) is 5.55. The lowest BCUT2D eigenvalue weighted by molar-refractivity contribution is -0.261.